The quantitative estimate of drug-likeness (QED) is 0.463. The first kappa shape index (κ1) is 23.9. The Morgan fingerprint density at radius 3 is 2.68 bits per heavy atom. The molecule has 4 N–H and O–H groups in total. The van der Waals surface area contributed by atoms with Gasteiger partial charge in [-0.25, -0.2) is 18.4 Å². The minimum Gasteiger partial charge on any atom is -0.389 e. The average Bonchev–Trinajstić information content (AvgIpc) is 3.30. The summed E-state index contributed by atoms with van der Waals surface area (Å²) in [6.45, 7) is 1.86. The number of nitrogen functional groups attached to an aromatic ring is 1. The smallest absolute Gasteiger partial charge is 0.389 e. The number of hydrogen-bond acceptors (Lipinski definition) is 7. The molecule has 1 aromatic carbocycles. The minimum absolute atomic E-state index is 0.000975. The SMILES string of the molecule is C[C@@H]1CN(c2c(NC(=O)c3nc(-c4c(F)cccc4F)sc3N)cnn2CC(F)(F)F)CCN1. The second-order valence-electron chi connectivity index (χ2n) is 7.74. The van der Waals surface area contributed by atoms with Crippen LogP contribution >= 0.6 is 11.3 Å². The summed E-state index contributed by atoms with van der Waals surface area (Å²) in [6, 6.07) is 3.28. The van der Waals surface area contributed by atoms with Crippen LogP contribution in [-0.2, 0) is 6.54 Å². The maximum atomic E-state index is 14.1. The Bertz CT molecular complexity index is 1190. The molecule has 1 aliphatic rings. The van der Waals surface area contributed by atoms with Gasteiger partial charge in [-0.2, -0.15) is 18.3 Å². The molecule has 8 nitrogen and oxygen atoms in total. The van der Waals surface area contributed by atoms with E-state index in [2.05, 4.69) is 20.7 Å². The number of carbonyl (C=O) groups excluding carboxylic acids is 1. The zero-order valence-corrected chi connectivity index (χ0v) is 18.6. The first-order valence-electron chi connectivity index (χ1n) is 10.2. The van der Waals surface area contributed by atoms with E-state index in [1.807, 2.05) is 6.92 Å². The number of nitrogens with two attached hydrogens (primary N) is 1. The van der Waals surface area contributed by atoms with Crippen LogP contribution in [0.25, 0.3) is 10.6 Å². The molecule has 2 aromatic heterocycles. The monoisotopic (exact) mass is 501 g/mol. The molecule has 0 saturated carbocycles. The standard InChI is InChI=1S/C20H20F5N7OS/c1-10-8-31(6-5-27-10)19-13(7-28-32(19)9-20(23,24)25)29-17(33)15-16(26)34-18(30-15)14-11(21)3-2-4-12(14)22/h2-4,7,10,27H,5-6,8-9,26H2,1H3,(H,29,33)/t10-/m1/s1. The molecular formula is C20H20F5N7OS. The number of rotatable bonds is 5. The predicted molar refractivity (Wildman–Crippen MR) is 118 cm³/mol. The second kappa shape index (κ2) is 9.18. The first-order valence-corrected chi connectivity index (χ1v) is 11.0. The number of nitrogens with zero attached hydrogens (tertiary/aromatic N) is 4. The number of hydrogen-bond donors (Lipinski definition) is 3. The normalized spacial score (nSPS) is 16.6. The summed E-state index contributed by atoms with van der Waals surface area (Å²) in [4.78, 5) is 18.6. The van der Waals surface area contributed by atoms with Crippen LogP contribution in [0.15, 0.2) is 24.4 Å². The van der Waals surface area contributed by atoms with Crippen molar-refractivity contribution in [2.75, 3.05) is 35.6 Å². The maximum Gasteiger partial charge on any atom is 0.408 e. The lowest BCUT2D eigenvalue weighted by Gasteiger charge is -2.34. The van der Waals surface area contributed by atoms with Gasteiger partial charge in [-0.05, 0) is 19.1 Å². The van der Waals surface area contributed by atoms with Crippen LogP contribution in [0.4, 0.5) is 38.5 Å². The molecule has 1 atom stereocenters. The zero-order valence-electron chi connectivity index (χ0n) is 17.8. The Morgan fingerprint density at radius 2 is 2.03 bits per heavy atom. The van der Waals surface area contributed by atoms with Crippen LogP contribution in [0.2, 0.25) is 0 Å². The van der Waals surface area contributed by atoms with Gasteiger partial charge in [0, 0.05) is 25.7 Å². The van der Waals surface area contributed by atoms with E-state index in [4.69, 9.17) is 5.73 Å². The van der Waals surface area contributed by atoms with E-state index in [9.17, 15) is 26.7 Å². The molecule has 1 aliphatic heterocycles. The summed E-state index contributed by atoms with van der Waals surface area (Å²) < 4.78 is 68.4. The summed E-state index contributed by atoms with van der Waals surface area (Å²) >= 11 is 0.718. The summed E-state index contributed by atoms with van der Waals surface area (Å²) in [5, 5.41) is 9.28. The Balaban J connectivity index is 1.65. The summed E-state index contributed by atoms with van der Waals surface area (Å²) in [5.74, 6) is -2.49. The number of benzene rings is 1. The van der Waals surface area contributed by atoms with Crippen molar-refractivity contribution in [3.8, 4) is 10.6 Å². The van der Waals surface area contributed by atoms with Crippen LogP contribution in [-0.4, -0.2) is 52.5 Å². The van der Waals surface area contributed by atoms with Crippen LogP contribution in [0, 0.1) is 11.6 Å². The molecular weight excluding hydrogens is 481 g/mol. The molecule has 0 spiro atoms. The van der Waals surface area contributed by atoms with Crippen LogP contribution in [0.1, 0.15) is 17.4 Å². The molecule has 0 bridgehead atoms. The van der Waals surface area contributed by atoms with Crippen molar-refractivity contribution in [1.82, 2.24) is 20.1 Å². The van der Waals surface area contributed by atoms with Gasteiger partial charge in [0.05, 0.1) is 11.8 Å². The van der Waals surface area contributed by atoms with E-state index in [0.717, 1.165) is 34.3 Å². The van der Waals surface area contributed by atoms with Crippen LogP contribution in [0.5, 0.6) is 0 Å². The molecule has 3 aromatic rings. The van der Waals surface area contributed by atoms with Crippen molar-refractivity contribution in [3.63, 3.8) is 0 Å². The Morgan fingerprint density at radius 1 is 1.32 bits per heavy atom. The fourth-order valence-electron chi connectivity index (χ4n) is 3.70. The van der Waals surface area contributed by atoms with E-state index < -0.39 is 35.8 Å². The highest BCUT2D eigenvalue weighted by Gasteiger charge is 2.33. The third-order valence-electron chi connectivity index (χ3n) is 5.10. The number of halogens is 5. The number of nitrogens with one attached hydrogen (secondary N) is 2. The average molecular weight is 501 g/mol. The fraction of sp³-hybridized carbons (Fsp3) is 0.350. The molecule has 4 rings (SSSR count). The second-order valence-corrected chi connectivity index (χ2v) is 8.77. The molecule has 0 radical (unpaired) electrons. The van der Waals surface area contributed by atoms with Gasteiger partial charge < -0.3 is 21.3 Å². The third-order valence-corrected chi connectivity index (χ3v) is 6.00. The van der Waals surface area contributed by atoms with E-state index in [0.29, 0.717) is 19.6 Å². The lowest BCUT2D eigenvalue weighted by molar-refractivity contribution is -0.142. The lowest BCUT2D eigenvalue weighted by Crippen LogP contribution is -2.50. The van der Waals surface area contributed by atoms with Crippen molar-refractivity contribution < 1.29 is 26.7 Å². The number of carbonyl (C=O) groups is 1. The van der Waals surface area contributed by atoms with Crippen molar-refractivity contribution in [2.45, 2.75) is 25.7 Å². The number of aromatic nitrogens is 3. The van der Waals surface area contributed by atoms with Gasteiger partial charge in [0.25, 0.3) is 5.91 Å². The number of piperazine rings is 1. The van der Waals surface area contributed by atoms with Crippen molar-refractivity contribution >= 4 is 33.8 Å². The Labute approximate surface area is 194 Å². The van der Waals surface area contributed by atoms with Gasteiger partial charge in [-0.1, -0.05) is 17.4 Å². The molecule has 0 aliphatic carbocycles. The van der Waals surface area contributed by atoms with Gasteiger partial charge in [-0.15, -0.1) is 0 Å². The van der Waals surface area contributed by atoms with Gasteiger partial charge in [-0.3, -0.25) is 4.79 Å². The zero-order chi connectivity index (χ0) is 24.6. The Hall–Kier alpha value is -3.26. The fourth-order valence-corrected chi connectivity index (χ4v) is 4.57. The van der Waals surface area contributed by atoms with Crippen LogP contribution < -0.4 is 21.3 Å². The summed E-state index contributed by atoms with van der Waals surface area (Å²) in [7, 11) is 0. The van der Waals surface area contributed by atoms with E-state index >= 15 is 0 Å². The van der Waals surface area contributed by atoms with Crippen molar-refractivity contribution in [2.24, 2.45) is 0 Å². The molecule has 34 heavy (non-hydrogen) atoms. The highest BCUT2D eigenvalue weighted by molar-refractivity contribution is 7.19. The summed E-state index contributed by atoms with van der Waals surface area (Å²) in [6.07, 6.45) is -3.41. The lowest BCUT2D eigenvalue weighted by atomic mass is 10.2. The largest absolute Gasteiger partial charge is 0.408 e. The third kappa shape index (κ3) is 4.97. The first-order chi connectivity index (χ1) is 16.0. The topological polar surface area (TPSA) is 101 Å². The molecule has 14 heteroatoms. The van der Waals surface area contributed by atoms with Gasteiger partial charge in [0.15, 0.2) is 11.5 Å². The van der Waals surface area contributed by atoms with Gasteiger partial charge >= 0.3 is 6.18 Å². The molecule has 1 saturated heterocycles. The van der Waals surface area contributed by atoms with Crippen molar-refractivity contribution in [1.29, 1.82) is 0 Å². The molecule has 1 fully saturated rings. The van der Waals surface area contributed by atoms with E-state index in [1.54, 1.807) is 4.90 Å². The van der Waals surface area contributed by atoms with E-state index in [-0.39, 0.29) is 33.2 Å². The van der Waals surface area contributed by atoms with Crippen molar-refractivity contribution in [3.05, 3.63) is 41.7 Å². The molecule has 182 valence electrons. The van der Waals surface area contributed by atoms with Crippen LogP contribution in [0.3, 0.4) is 0 Å². The highest BCUT2D eigenvalue weighted by atomic mass is 32.1. The van der Waals surface area contributed by atoms with Gasteiger partial charge in [0.2, 0.25) is 0 Å². The van der Waals surface area contributed by atoms with Gasteiger partial charge in [0.1, 0.15) is 33.9 Å². The minimum atomic E-state index is -4.53. The molecule has 3 heterocycles. The number of anilines is 3. The number of alkyl halides is 3. The predicted octanol–water partition coefficient (Wildman–Crippen LogP) is 3.48. The molecule has 1 amide bonds. The summed E-state index contributed by atoms with van der Waals surface area (Å²) in [5.41, 5.74) is 5.19. The van der Waals surface area contributed by atoms with E-state index in [1.165, 1.54) is 6.07 Å². The highest BCUT2D eigenvalue weighted by Crippen LogP contribution is 2.35. The number of amides is 1. The Kier molecular flexibility index (Phi) is 6.45. The molecule has 0 unspecified atom stereocenters. The maximum absolute atomic E-state index is 14.1. The number of thiazole rings is 1.